The first-order valence-electron chi connectivity index (χ1n) is 7.79. The van der Waals surface area contributed by atoms with Crippen molar-refractivity contribution in [3.63, 3.8) is 0 Å². The number of nitrogens with one attached hydrogen (secondary N) is 1. The number of carbonyl (C=O) groups excluding carboxylic acids is 1. The summed E-state index contributed by atoms with van der Waals surface area (Å²) in [6.07, 6.45) is 2.08. The molecule has 1 heterocycles. The molecule has 2 rings (SSSR count). The highest BCUT2D eigenvalue weighted by atomic mass is 16.1. The standard InChI is InChI=1S/C18H25N3O/c1-12-13(2)21-16-11-14(7-8-15(16)20-12)17(22)19-10-6-9-18(3,4)5/h7-8,11H,6,9-10H2,1-5H3,(H,19,22). The van der Waals surface area contributed by atoms with Gasteiger partial charge in [0.2, 0.25) is 0 Å². The van der Waals surface area contributed by atoms with Crippen molar-refractivity contribution in [1.29, 1.82) is 0 Å². The second kappa shape index (κ2) is 6.42. The lowest BCUT2D eigenvalue weighted by atomic mass is 9.91. The molecule has 0 unspecified atom stereocenters. The Bertz CT molecular complexity index is 687. The first-order chi connectivity index (χ1) is 10.3. The highest BCUT2D eigenvalue weighted by Crippen LogP contribution is 2.20. The second-order valence-electron chi connectivity index (χ2n) is 7.02. The zero-order valence-electron chi connectivity index (χ0n) is 14.2. The fourth-order valence-corrected chi connectivity index (χ4v) is 2.29. The van der Waals surface area contributed by atoms with Crippen LogP contribution in [0.4, 0.5) is 0 Å². The van der Waals surface area contributed by atoms with Crippen LogP contribution in [0.2, 0.25) is 0 Å². The lowest BCUT2D eigenvalue weighted by Gasteiger charge is -2.17. The van der Waals surface area contributed by atoms with E-state index in [-0.39, 0.29) is 5.91 Å². The average Bonchev–Trinajstić information content (AvgIpc) is 2.43. The minimum atomic E-state index is -0.0455. The number of amides is 1. The molecule has 4 heteroatoms. The van der Waals surface area contributed by atoms with E-state index in [1.165, 1.54) is 0 Å². The Kier molecular flexibility index (Phi) is 4.79. The minimum absolute atomic E-state index is 0.0455. The van der Waals surface area contributed by atoms with Gasteiger partial charge in [0.25, 0.3) is 5.91 Å². The molecule has 0 saturated heterocycles. The summed E-state index contributed by atoms with van der Waals surface area (Å²) in [6.45, 7) is 11.2. The summed E-state index contributed by atoms with van der Waals surface area (Å²) >= 11 is 0. The van der Waals surface area contributed by atoms with Crippen molar-refractivity contribution in [2.24, 2.45) is 5.41 Å². The quantitative estimate of drug-likeness (QED) is 0.874. The van der Waals surface area contributed by atoms with Crippen LogP contribution in [0.5, 0.6) is 0 Å². The van der Waals surface area contributed by atoms with E-state index in [1.54, 1.807) is 0 Å². The summed E-state index contributed by atoms with van der Waals surface area (Å²) in [5.41, 5.74) is 4.36. The Morgan fingerprint density at radius 1 is 1.09 bits per heavy atom. The molecule has 4 nitrogen and oxygen atoms in total. The molecule has 1 aromatic carbocycles. The first kappa shape index (κ1) is 16.4. The van der Waals surface area contributed by atoms with E-state index in [2.05, 4.69) is 36.1 Å². The van der Waals surface area contributed by atoms with Crippen molar-refractivity contribution in [2.75, 3.05) is 6.54 Å². The third-order valence-electron chi connectivity index (χ3n) is 3.73. The molecule has 0 aliphatic carbocycles. The van der Waals surface area contributed by atoms with Gasteiger partial charge in [-0.1, -0.05) is 20.8 Å². The smallest absolute Gasteiger partial charge is 0.251 e. The van der Waals surface area contributed by atoms with Crippen LogP contribution < -0.4 is 5.32 Å². The zero-order chi connectivity index (χ0) is 16.3. The van der Waals surface area contributed by atoms with Crippen LogP contribution in [-0.2, 0) is 0 Å². The number of aromatic nitrogens is 2. The zero-order valence-corrected chi connectivity index (χ0v) is 14.2. The van der Waals surface area contributed by atoms with E-state index in [0.717, 1.165) is 35.3 Å². The van der Waals surface area contributed by atoms with Gasteiger partial charge in [-0.05, 0) is 50.3 Å². The van der Waals surface area contributed by atoms with E-state index in [4.69, 9.17) is 0 Å². The summed E-state index contributed by atoms with van der Waals surface area (Å²) < 4.78 is 0. The summed E-state index contributed by atoms with van der Waals surface area (Å²) in [4.78, 5) is 21.2. The van der Waals surface area contributed by atoms with Crippen molar-refractivity contribution >= 4 is 16.9 Å². The van der Waals surface area contributed by atoms with Crippen molar-refractivity contribution in [1.82, 2.24) is 15.3 Å². The molecule has 0 bridgehead atoms. The molecule has 2 aromatic rings. The maximum atomic E-state index is 12.2. The van der Waals surface area contributed by atoms with Crippen LogP contribution in [0.1, 0.15) is 55.4 Å². The molecular weight excluding hydrogens is 274 g/mol. The summed E-state index contributed by atoms with van der Waals surface area (Å²) in [7, 11) is 0. The van der Waals surface area contributed by atoms with Crippen LogP contribution in [0.3, 0.4) is 0 Å². The molecule has 1 N–H and O–H groups in total. The van der Waals surface area contributed by atoms with Crippen LogP contribution >= 0.6 is 0 Å². The third kappa shape index (κ3) is 4.26. The van der Waals surface area contributed by atoms with Gasteiger partial charge in [0.15, 0.2) is 0 Å². The molecular formula is C18H25N3O. The second-order valence-corrected chi connectivity index (χ2v) is 7.02. The van der Waals surface area contributed by atoms with Crippen LogP contribution in [-0.4, -0.2) is 22.4 Å². The SMILES string of the molecule is Cc1nc2ccc(C(=O)NCCCC(C)(C)C)cc2nc1C. The van der Waals surface area contributed by atoms with Crippen LogP contribution in [0.15, 0.2) is 18.2 Å². The van der Waals surface area contributed by atoms with E-state index < -0.39 is 0 Å². The maximum absolute atomic E-state index is 12.2. The lowest BCUT2D eigenvalue weighted by Crippen LogP contribution is -2.25. The highest BCUT2D eigenvalue weighted by molar-refractivity contribution is 5.97. The summed E-state index contributed by atoms with van der Waals surface area (Å²) in [5, 5.41) is 2.98. The predicted octanol–water partition coefficient (Wildman–Crippen LogP) is 3.80. The van der Waals surface area contributed by atoms with Gasteiger partial charge in [-0.3, -0.25) is 4.79 Å². The molecule has 118 valence electrons. The fourth-order valence-electron chi connectivity index (χ4n) is 2.29. The molecule has 0 aliphatic rings. The van der Waals surface area contributed by atoms with E-state index in [1.807, 2.05) is 32.0 Å². The number of hydrogen-bond acceptors (Lipinski definition) is 3. The van der Waals surface area contributed by atoms with Gasteiger partial charge in [-0.25, -0.2) is 9.97 Å². The molecule has 1 aromatic heterocycles. The number of aryl methyl sites for hydroxylation is 2. The largest absolute Gasteiger partial charge is 0.352 e. The van der Waals surface area contributed by atoms with Gasteiger partial charge in [0.1, 0.15) is 0 Å². The van der Waals surface area contributed by atoms with Gasteiger partial charge in [-0.2, -0.15) is 0 Å². The number of carbonyl (C=O) groups is 1. The van der Waals surface area contributed by atoms with Gasteiger partial charge in [0, 0.05) is 12.1 Å². The summed E-state index contributed by atoms with van der Waals surface area (Å²) in [5.74, 6) is -0.0455. The normalized spacial score (nSPS) is 11.7. The number of nitrogens with zero attached hydrogens (tertiary/aromatic N) is 2. The number of fused-ring (bicyclic) bond motifs is 1. The summed E-state index contributed by atoms with van der Waals surface area (Å²) in [6, 6.07) is 5.48. The van der Waals surface area contributed by atoms with Gasteiger partial charge < -0.3 is 5.32 Å². The molecule has 1 amide bonds. The Balaban J connectivity index is 2.04. The number of hydrogen-bond donors (Lipinski definition) is 1. The molecule has 0 aliphatic heterocycles. The Labute approximate surface area is 132 Å². The van der Waals surface area contributed by atoms with E-state index in [0.29, 0.717) is 17.5 Å². The minimum Gasteiger partial charge on any atom is -0.352 e. The highest BCUT2D eigenvalue weighted by Gasteiger charge is 2.11. The number of benzene rings is 1. The fraction of sp³-hybridized carbons (Fsp3) is 0.500. The lowest BCUT2D eigenvalue weighted by molar-refractivity contribution is 0.0951. The monoisotopic (exact) mass is 299 g/mol. The molecule has 0 saturated carbocycles. The van der Waals surface area contributed by atoms with Crippen molar-refractivity contribution in [3.05, 3.63) is 35.2 Å². The average molecular weight is 299 g/mol. The third-order valence-corrected chi connectivity index (χ3v) is 3.73. The Hall–Kier alpha value is -1.97. The van der Waals surface area contributed by atoms with Crippen molar-refractivity contribution in [3.8, 4) is 0 Å². The molecule has 0 fully saturated rings. The maximum Gasteiger partial charge on any atom is 0.251 e. The Morgan fingerprint density at radius 3 is 2.36 bits per heavy atom. The van der Waals surface area contributed by atoms with Crippen molar-refractivity contribution < 1.29 is 4.79 Å². The molecule has 0 spiro atoms. The van der Waals surface area contributed by atoms with Gasteiger partial charge in [-0.15, -0.1) is 0 Å². The van der Waals surface area contributed by atoms with Crippen molar-refractivity contribution in [2.45, 2.75) is 47.5 Å². The van der Waals surface area contributed by atoms with E-state index in [9.17, 15) is 4.79 Å². The molecule has 0 atom stereocenters. The Morgan fingerprint density at radius 2 is 1.73 bits per heavy atom. The number of rotatable bonds is 4. The topological polar surface area (TPSA) is 54.9 Å². The predicted molar refractivity (Wildman–Crippen MR) is 90.0 cm³/mol. The van der Waals surface area contributed by atoms with Gasteiger partial charge in [0.05, 0.1) is 22.4 Å². The molecule has 22 heavy (non-hydrogen) atoms. The van der Waals surface area contributed by atoms with Crippen LogP contribution in [0.25, 0.3) is 11.0 Å². The van der Waals surface area contributed by atoms with E-state index >= 15 is 0 Å². The van der Waals surface area contributed by atoms with Crippen LogP contribution in [0, 0.1) is 19.3 Å². The molecule has 0 radical (unpaired) electrons. The van der Waals surface area contributed by atoms with Gasteiger partial charge >= 0.3 is 0 Å². The first-order valence-corrected chi connectivity index (χ1v) is 7.79.